The van der Waals surface area contributed by atoms with Crippen LogP contribution in [0, 0.1) is 0 Å². The van der Waals surface area contributed by atoms with Gasteiger partial charge in [-0.15, -0.1) is 0 Å². The zero-order chi connectivity index (χ0) is 15.6. The predicted octanol–water partition coefficient (Wildman–Crippen LogP) is 4.10. The molecule has 2 amide bonds. The van der Waals surface area contributed by atoms with Gasteiger partial charge < -0.3 is 9.47 Å². The van der Waals surface area contributed by atoms with Gasteiger partial charge in [0.05, 0.1) is 0 Å². The number of hydrogen-bond acceptors (Lipinski definition) is 4. The summed E-state index contributed by atoms with van der Waals surface area (Å²) in [6, 6.07) is -0.111. The van der Waals surface area contributed by atoms with E-state index < -0.39 is 23.4 Å². The topological polar surface area (TPSA) is 55.8 Å². The average molecular weight is 285 g/mol. The smallest absolute Gasteiger partial charge is 0.420 e. The standard InChI is InChI=1S/C15H27NO4/c1-14(2,3)19-12(17)16(11-9-7-8-10-11)13(18)20-15(4,5)6/h11H,7-10H2,1-6H3. The van der Waals surface area contributed by atoms with Gasteiger partial charge in [-0.3, -0.25) is 0 Å². The Balaban J connectivity index is 2.85. The fourth-order valence-electron chi connectivity index (χ4n) is 2.16. The Morgan fingerprint density at radius 2 is 1.20 bits per heavy atom. The molecule has 0 unspecified atom stereocenters. The Morgan fingerprint density at radius 3 is 1.50 bits per heavy atom. The Hall–Kier alpha value is -1.26. The molecule has 0 heterocycles. The largest absolute Gasteiger partial charge is 0.443 e. The molecule has 20 heavy (non-hydrogen) atoms. The molecule has 5 heteroatoms. The Kier molecular flexibility index (Phi) is 5.05. The third kappa shape index (κ3) is 5.39. The number of carbonyl (C=O) groups excluding carboxylic acids is 2. The minimum Gasteiger partial charge on any atom is -0.443 e. The van der Waals surface area contributed by atoms with E-state index in [0.717, 1.165) is 30.6 Å². The van der Waals surface area contributed by atoms with E-state index in [9.17, 15) is 9.59 Å². The van der Waals surface area contributed by atoms with Crippen molar-refractivity contribution in [3.63, 3.8) is 0 Å². The fraction of sp³-hybridized carbons (Fsp3) is 0.867. The van der Waals surface area contributed by atoms with E-state index in [4.69, 9.17) is 9.47 Å². The number of carbonyl (C=O) groups is 2. The maximum atomic E-state index is 12.3. The summed E-state index contributed by atoms with van der Waals surface area (Å²) in [5.41, 5.74) is -1.26. The van der Waals surface area contributed by atoms with Gasteiger partial charge in [0.2, 0.25) is 0 Å². The van der Waals surface area contributed by atoms with Crippen molar-refractivity contribution in [1.82, 2.24) is 4.90 Å². The fourth-order valence-corrected chi connectivity index (χ4v) is 2.16. The molecule has 5 nitrogen and oxygen atoms in total. The quantitative estimate of drug-likeness (QED) is 0.727. The molecule has 1 rings (SSSR count). The lowest BCUT2D eigenvalue weighted by atomic mass is 10.2. The Bertz CT molecular complexity index is 331. The van der Waals surface area contributed by atoms with Crippen LogP contribution < -0.4 is 0 Å². The first-order chi connectivity index (χ1) is 8.99. The first kappa shape index (κ1) is 16.8. The third-order valence-electron chi connectivity index (χ3n) is 2.87. The van der Waals surface area contributed by atoms with Crippen LogP contribution in [-0.2, 0) is 9.47 Å². The van der Waals surface area contributed by atoms with E-state index >= 15 is 0 Å². The first-order valence-corrected chi connectivity index (χ1v) is 7.25. The lowest BCUT2D eigenvalue weighted by Gasteiger charge is -2.31. The summed E-state index contributed by atoms with van der Waals surface area (Å²) >= 11 is 0. The first-order valence-electron chi connectivity index (χ1n) is 7.25. The van der Waals surface area contributed by atoms with Crippen molar-refractivity contribution in [3.05, 3.63) is 0 Å². The van der Waals surface area contributed by atoms with E-state index in [0.29, 0.717) is 0 Å². The summed E-state index contributed by atoms with van der Waals surface area (Å²) in [6.45, 7) is 10.7. The zero-order valence-corrected chi connectivity index (χ0v) is 13.5. The summed E-state index contributed by atoms with van der Waals surface area (Å²) in [6.07, 6.45) is 2.45. The highest BCUT2D eigenvalue weighted by Crippen LogP contribution is 2.26. The lowest BCUT2D eigenvalue weighted by Crippen LogP contribution is -2.48. The van der Waals surface area contributed by atoms with Gasteiger partial charge in [0.1, 0.15) is 11.2 Å². The highest BCUT2D eigenvalue weighted by Gasteiger charge is 2.37. The molecule has 0 bridgehead atoms. The second kappa shape index (κ2) is 6.02. The molecule has 0 aromatic heterocycles. The van der Waals surface area contributed by atoms with E-state index in [1.807, 2.05) is 0 Å². The summed E-state index contributed by atoms with van der Waals surface area (Å²) in [5, 5.41) is 0. The molecule has 0 aliphatic heterocycles. The van der Waals surface area contributed by atoms with E-state index in [1.54, 1.807) is 41.5 Å². The molecule has 1 aliphatic carbocycles. The highest BCUT2D eigenvalue weighted by molar-refractivity contribution is 5.88. The summed E-state index contributed by atoms with van der Waals surface area (Å²) in [7, 11) is 0. The summed E-state index contributed by atoms with van der Waals surface area (Å²) in [5.74, 6) is 0. The summed E-state index contributed by atoms with van der Waals surface area (Å²) in [4.78, 5) is 25.7. The monoisotopic (exact) mass is 285 g/mol. The zero-order valence-electron chi connectivity index (χ0n) is 13.5. The Labute approximate surface area is 121 Å². The molecular weight excluding hydrogens is 258 g/mol. The van der Waals surface area contributed by atoms with Gasteiger partial charge in [-0.25, -0.2) is 14.5 Å². The van der Waals surface area contributed by atoms with Gasteiger partial charge in [0.15, 0.2) is 0 Å². The van der Waals surface area contributed by atoms with Crippen LogP contribution in [0.3, 0.4) is 0 Å². The van der Waals surface area contributed by atoms with Gasteiger partial charge in [-0.05, 0) is 54.4 Å². The van der Waals surface area contributed by atoms with Crippen LogP contribution in [0.2, 0.25) is 0 Å². The minimum atomic E-state index is -0.629. The molecule has 1 saturated carbocycles. The van der Waals surface area contributed by atoms with Crippen LogP contribution in [0.1, 0.15) is 67.2 Å². The second-order valence-electron chi connectivity index (χ2n) is 7.27. The van der Waals surface area contributed by atoms with Crippen molar-refractivity contribution < 1.29 is 19.1 Å². The third-order valence-corrected chi connectivity index (χ3v) is 2.87. The van der Waals surface area contributed by atoms with Gasteiger partial charge in [0.25, 0.3) is 0 Å². The van der Waals surface area contributed by atoms with Crippen LogP contribution in [-0.4, -0.2) is 34.3 Å². The molecule has 1 fully saturated rings. The number of amides is 2. The number of nitrogens with zero attached hydrogens (tertiary/aromatic N) is 1. The minimum absolute atomic E-state index is 0.111. The average Bonchev–Trinajstić information content (AvgIpc) is 2.64. The van der Waals surface area contributed by atoms with E-state index in [2.05, 4.69) is 0 Å². The van der Waals surface area contributed by atoms with Gasteiger partial charge in [-0.1, -0.05) is 12.8 Å². The van der Waals surface area contributed by atoms with Gasteiger partial charge in [-0.2, -0.15) is 0 Å². The SMILES string of the molecule is CC(C)(C)OC(=O)N(C(=O)OC(C)(C)C)C1CCCC1. The van der Waals surface area contributed by atoms with Gasteiger partial charge in [0, 0.05) is 6.04 Å². The maximum Gasteiger partial charge on any atom is 0.420 e. The maximum absolute atomic E-state index is 12.3. The van der Waals surface area contributed by atoms with Crippen LogP contribution >= 0.6 is 0 Å². The van der Waals surface area contributed by atoms with Gasteiger partial charge >= 0.3 is 12.2 Å². The molecule has 1 aliphatic rings. The molecule has 0 radical (unpaired) electrons. The van der Waals surface area contributed by atoms with Crippen molar-refractivity contribution in [2.75, 3.05) is 0 Å². The van der Waals surface area contributed by atoms with E-state index in [-0.39, 0.29) is 6.04 Å². The highest BCUT2D eigenvalue weighted by atomic mass is 16.6. The number of hydrogen-bond donors (Lipinski definition) is 0. The van der Waals surface area contributed by atoms with Crippen LogP contribution in [0.5, 0.6) is 0 Å². The van der Waals surface area contributed by atoms with Crippen molar-refractivity contribution >= 4 is 12.2 Å². The van der Waals surface area contributed by atoms with Crippen LogP contribution in [0.15, 0.2) is 0 Å². The molecule has 0 aromatic rings. The predicted molar refractivity (Wildman–Crippen MR) is 76.6 cm³/mol. The van der Waals surface area contributed by atoms with Crippen LogP contribution in [0.4, 0.5) is 9.59 Å². The van der Waals surface area contributed by atoms with Crippen molar-refractivity contribution in [3.8, 4) is 0 Å². The molecule has 0 saturated heterocycles. The second-order valence-corrected chi connectivity index (χ2v) is 7.27. The summed E-state index contributed by atoms with van der Waals surface area (Å²) < 4.78 is 10.7. The number of rotatable bonds is 1. The molecule has 0 N–H and O–H groups in total. The molecule has 0 atom stereocenters. The number of imide groups is 1. The molecule has 0 spiro atoms. The molecule has 116 valence electrons. The number of ether oxygens (including phenoxy) is 2. The van der Waals surface area contributed by atoms with Crippen molar-refractivity contribution in [1.29, 1.82) is 0 Å². The molecule has 0 aromatic carbocycles. The Morgan fingerprint density at radius 1 is 0.850 bits per heavy atom. The lowest BCUT2D eigenvalue weighted by molar-refractivity contribution is -0.00674. The van der Waals surface area contributed by atoms with E-state index in [1.165, 1.54) is 0 Å². The normalized spacial score (nSPS) is 16.9. The molecular formula is C15H27NO4. The van der Waals surface area contributed by atoms with Crippen LogP contribution in [0.25, 0.3) is 0 Å². The van der Waals surface area contributed by atoms with Crippen molar-refractivity contribution in [2.45, 2.75) is 84.5 Å². The van der Waals surface area contributed by atoms with Crippen molar-refractivity contribution in [2.24, 2.45) is 0 Å².